The van der Waals surface area contributed by atoms with Crippen molar-refractivity contribution in [3.63, 3.8) is 0 Å². The second-order valence-corrected chi connectivity index (χ2v) is 6.71. The normalized spacial score (nSPS) is 13.2. The Morgan fingerprint density at radius 3 is 2.35 bits per heavy atom. The van der Waals surface area contributed by atoms with Crippen LogP contribution in [0.15, 0.2) is 53.4 Å². The van der Waals surface area contributed by atoms with Gasteiger partial charge >= 0.3 is 0 Å². The highest BCUT2D eigenvalue weighted by Gasteiger charge is 2.19. The van der Waals surface area contributed by atoms with E-state index in [2.05, 4.69) is 4.72 Å². The number of benzene rings is 2. The Hall–Kier alpha value is -1.65. The molecule has 0 aliphatic heterocycles. The number of rotatable bonds is 4. The molecule has 0 aliphatic rings. The Bertz CT molecular complexity index is 708. The molecule has 0 saturated heterocycles. The predicted molar refractivity (Wildman–Crippen MR) is 81.1 cm³/mol. The summed E-state index contributed by atoms with van der Waals surface area (Å²) < 4.78 is 27.6. The van der Waals surface area contributed by atoms with E-state index in [0.717, 1.165) is 16.7 Å². The van der Waals surface area contributed by atoms with Crippen molar-refractivity contribution in [3.05, 3.63) is 65.2 Å². The van der Waals surface area contributed by atoms with E-state index in [1.165, 1.54) is 0 Å². The van der Waals surface area contributed by atoms with Crippen molar-refractivity contribution in [1.82, 2.24) is 4.72 Å². The second kappa shape index (κ2) is 5.77. The fraction of sp³-hybridized carbons (Fsp3) is 0.250. The summed E-state index contributed by atoms with van der Waals surface area (Å²) >= 11 is 0. The van der Waals surface area contributed by atoms with Crippen LogP contribution in [0, 0.1) is 13.8 Å². The summed E-state index contributed by atoms with van der Waals surface area (Å²) in [5.74, 6) is 0. The molecule has 1 atom stereocenters. The van der Waals surface area contributed by atoms with Crippen LogP contribution in [-0.2, 0) is 10.0 Å². The van der Waals surface area contributed by atoms with Crippen molar-refractivity contribution in [2.24, 2.45) is 0 Å². The number of aryl methyl sites for hydroxylation is 2. The minimum atomic E-state index is -3.50. The third-order valence-electron chi connectivity index (χ3n) is 3.26. The van der Waals surface area contributed by atoms with Crippen molar-refractivity contribution >= 4 is 10.0 Å². The first kappa shape index (κ1) is 14.8. The molecular formula is C16H19NO2S. The molecule has 0 amide bonds. The Morgan fingerprint density at radius 2 is 1.70 bits per heavy atom. The van der Waals surface area contributed by atoms with Gasteiger partial charge in [-0.15, -0.1) is 0 Å². The molecular weight excluding hydrogens is 270 g/mol. The van der Waals surface area contributed by atoms with E-state index in [0.29, 0.717) is 4.90 Å². The van der Waals surface area contributed by atoms with Crippen LogP contribution in [-0.4, -0.2) is 8.42 Å². The van der Waals surface area contributed by atoms with E-state index in [1.54, 1.807) is 25.1 Å². The van der Waals surface area contributed by atoms with Gasteiger partial charge in [0.15, 0.2) is 0 Å². The van der Waals surface area contributed by atoms with Crippen LogP contribution in [0.2, 0.25) is 0 Å². The molecule has 2 rings (SSSR count). The molecule has 106 valence electrons. The fourth-order valence-corrected chi connectivity index (χ4v) is 3.64. The van der Waals surface area contributed by atoms with Crippen LogP contribution >= 0.6 is 0 Å². The molecule has 0 fully saturated rings. The van der Waals surface area contributed by atoms with Gasteiger partial charge in [0.1, 0.15) is 0 Å². The van der Waals surface area contributed by atoms with E-state index in [-0.39, 0.29) is 6.04 Å². The second-order valence-electron chi connectivity index (χ2n) is 5.02. The number of hydrogen-bond acceptors (Lipinski definition) is 2. The zero-order valence-corrected chi connectivity index (χ0v) is 12.7. The lowest BCUT2D eigenvalue weighted by molar-refractivity contribution is 0.566. The summed E-state index contributed by atoms with van der Waals surface area (Å²) in [5, 5.41) is 0. The van der Waals surface area contributed by atoms with Gasteiger partial charge in [-0.1, -0.05) is 48.0 Å². The number of sulfonamides is 1. The molecule has 3 nitrogen and oxygen atoms in total. The zero-order chi connectivity index (χ0) is 14.8. The maximum atomic E-state index is 12.4. The Labute approximate surface area is 120 Å². The van der Waals surface area contributed by atoms with Gasteiger partial charge in [-0.25, -0.2) is 13.1 Å². The molecule has 0 heterocycles. The molecule has 0 bridgehead atoms. The average Bonchev–Trinajstić information content (AvgIpc) is 2.38. The maximum absolute atomic E-state index is 12.4. The van der Waals surface area contributed by atoms with Gasteiger partial charge in [0.05, 0.1) is 4.90 Å². The number of nitrogens with one attached hydrogen (secondary N) is 1. The lowest BCUT2D eigenvalue weighted by Gasteiger charge is -2.16. The van der Waals surface area contributed by atoms with Crippen LogP contribution in [0.3, 0.4) is 0 Å². The van der Waals surface area contributed by atoms with Gasteiger partial charge in [-0.3, -0.25) is 0 Å². The van der Waals surface area contributed by atoms with E-state index in [4.69, 9.17) is 0 Å². The Morgan fingerprint density at radius 1 is 1.00 bits per heavy atom. The highest BCUT2D eigenvalue weighted by Crippen LogP contribution is 2.19. The van der Waals surface area contributed by atoms with Gasteiger partial charge in [0, 0.05) is 6.04 Å². The van der Waals surface area contributed by atoms with Crippen LogP contribution < -0.4 is 4.72 Å². The third kappa shape index (κ3) is 3.26. The van der Waals surface area contributed by atoms with Crippen molar-refractivity contribution in [3.8, 4) is 0 Å². The van der Waals surface area contributed by atoms with Gasteiger partial charge < -0.3 is 0 Å². The SMILES string of the molecule is Cc1cccc([C@@H](C)NS(=O)(=O)c2ccccc2C)c1. The Balaban J connectivity index is 2.27. The molecule has 0 saturated carbocycles. The van der Waals surface area contributed by atoms with E-state index < -0.39 is 10.0 Å². The third-order valence-corrected chi connectivity index (χ3v) is 4.96. The van der Waals surface area contributed by atoms with Crippen LogP contribution in [0.5, 0.6) is 0 Å². The van der Waals surface area contributed by atoms with Gasteiger partial charge in [0.2, 0.25) is 10.0 Å². The average molecular weight is 289 g/mol. The molecule has 0 aromatic heterocycles. The summed E-state index contributed by atoms with van der Waals surface area (Å²) in [6.45, 7) is 5.64. The van der Waals surface area contributed by atoms with Gasteiger partial charge in [-0.05, 0) is 38.0 Å². The van der Waals surface area contributed by atoms with Crippen molar-refractivity contribution in [2.75, 3.05) is 0 Å². The minimum Gasteiger partial charge on any atom is -0.207 e. The predicted octanol–water partition coefficient (Wildman–Crippen LogP) is 3.34. The van der Waals surface area contributed by atoms with E-state index in [1.807, 2.05) is 44.2 Å². The smallest absolute Gasteiger partial charge is 0.207 e. The molecule has 2 aromatic rings. The molecule has 1 N–H and O–H groups in total. The first-order valence-corrected chi connectivity index (χ1v) is 8.03. The highest BCUT2D eigenvalue weighted by atomic mass is 32.2. The molecule has 20 heavy (non-hydrogen) atoms. The van der Waals surface area contributed by atoms with Crippen molar-refractivity contribution in [2.45, 2.75) is 31.7 Å². The van der Waals surface area contributed by atoms with Crippen LogP contribution in [0.4, 0.5) is 0 Å². The van der Waals surface area contributed by atoms with E-state index in [9.17, 15) is 8.42 Å². The zero-order valence-electron chi connectivity index (χ0n) is 11.9. The summed E-state index contributed by atoms with van der Waals surface area (Å²) in [7, 11) is -3.50. The topological polar surface area (TPSA) is 46.2 Å². The maximum Gasteiger partial charge on any atom is 0.241 e. The van der Waals surface area contributed by atoms with Crippen LogP contribution in [0.1, 0.15) is 29.7 Å². The largest absolute Gasteiger partial charge is 0.241 e. The van der Waals surface area contributed by atoms with E-state index >= 15 is 0 Å². The summed E-state index contributed by atoms with van der Waals surface area (Å²) in [5.41, 5.74) is 2.82. The first-order chi connectivity index (χ1) is 9.40. The molecule has 2 aromatic carbocycles. The van der Waals surface area contributed by atoms with Crippen LogP contribution in [0.25, 0.3) is 0 Å². The van der Waals surface area contributed by atoms with Gasteiger partial charge in [0.25, 0.3) is 0 Å². The molecule has 0 unspecified atom stereocenters. The standard InChI is InChI=1S/C16H19NO2S/c1-12-7-6-9-15(11-12)14(3)17-20(18,19)16-10-5-4-8-13(16)2/h4-11,14,17H,1-3H3/t14-/m1/s1. The number of hydrogen-bond donors (Lipinski definition) is 1. The van der Waals surface area contributed by atoms with Crippen molar-refractivity contribution < 1.29 is 8.42 Å². The van der Waals surface area contributed by atoms with Gasteiger partial charge in [-0.2, -0.15) is 0 Å². The summed E-state index contributed by atoms with van der Waals surface area (Å²) in [6, 6.07) is 14.6. The van der Waals surface area contributed by atoms with Crippen molar-refractivity contribution in [1.29, 1.82) is 0 Å². The minimum absolute atomic E-state index is 0.264. The summed E-state index contributed by atoms with van der Waals surface area (Å²) in [6.07, 6.45) is 0. The fourth-order valence-electron chi connectivity index (χ4n) is 2.16. The lowest BCUT2D eigenvalue weighted by atomic mass is 10.1. The lowest BCUT2D eigenvalue weighted by Crippen LogP contribution is -2.27. The monoisotopic (exact) mass is 289 g/mol. The molecule has 0 aliphatic carbocycles. The molecule has 0 radical (unpaired) electrons. The molecule has 0 spiro atoms. The Kier molecular flexibility index (Phi) is 4.26. The first-order valence-electron chi connectivity index (χ1n) is 6.54. The quantitative estimate of drug-likeness (QED) is 0.938. The molecule has 4 heteroatoms. The highest BCUT2D eigenvalue weighted by molar-refractivity contribution is 7.89. The summed E-state index contributed by atoms with van der Waals surface area (Å²) in [4.78, 5) is 0.333.